The molecular formula is C10H4BrN3O2S2. The fourth-order valence-corrected chi connectivity index (χ4v) is 3.66. The number of nitro benzene ring substituents is 1. The van der Waals surface area contributed by atoms with Gasteiger partial charge in [-0.15, -0.1) is 11.3 Å². The Morgan fingerprint density at radius 2 is 2.11 bits per heavy atom. The van der Waals surface area contributed by atoms with Gasteiger partial charge in [-0.1, -0.05) is 6.07 Å². The summed E-state index contributed by atoms with van der Waals surface area (Å²) in [5.41, 5.74) is 1.82. The molecule has 0 bridgehead atoms. The summed E-state index contributed by atoms with van der Waals surface area (Å²) in [6, 6.07) is 5.19. The molecule has 3 rings (SSSR count). The zero-order valence-electron chi connectivity index (χ0n) is 8.66. The SMILES string of the molecule is O=[N+]([O-])c1cc(Br)c2nsnc2c1-c1cccs1. The molecule has 0 amide bonds. The van der Waals surface area contributed by atoms with Gasteiger partial charge in [0.25, 0.3) is 5.69 Å². The average Bonchev–Trinajstić information content (AvgIpc) is 2.99. The molecule has 2 aromatic heterocycles. The van der Waals surface area contributed by atoms with Crippen LogP contribution in [0, 0.1) is 10.1 Å². The van der Waals surface area contributed by atoms with Crippen molar-refractivity contribution in [2.75, 3.05) is 0 Å². The molecule has 90 valence electrons. The first-order valence-electron chi connectivity index (χ1n) is 4.81. The number of thiophene rings is 1. The molecule has 5 nitrogen and oxygen atoms in total. The second-order valence-electron chi connectivity index (χ2n) is 3.45. The molecule has 0 unspecified atom stereocenters. The Morgan fingerprint density at radius 1 is 1.33 bits per heavy atom. The third-order valence-corrected chi connectivity index (χ3v) is 4.46. The van der Waals surface area contributed by atoms with Gasteiger partial charge < -0.3 is 0 Å². The van der Waals surface area contributed by atoms with Crippen molar-refractivity contribution in [3.63, 3.8) is 0 Å². The Hall–Kier alpha value is -1.38. The molecule has 0 radical (unpaired) electrons. The standard InChI is InChI=1S/C10H4BrN3O2S2/c11-5-4-6(14(15)16)8(7-2-1-3-17-7)10-9(5)12-18-13-10/h1-4H. The number of nitro groups is 1. The number of hydrogen-bond donors (Lipinski definition) is 0. The third kappa shape index (κ3) is 1.73. The van der Waals surface area contributed by atoms with E-state index < -0.39 is 4.92 Å². The van der Waals surface area contributed by atoms with Gasteiger partial charge in [0.15, 0.2) is 0 Å². The number of halogens is 1. The number of rotatable bonds is 2. The van der Waals surface area contributed by atoms with Gasteiger partial charge in [-0.25, -0.2) is 0 Å². The van der Waals surface area contributed by atoms with E-state index in [1.807, 2.05) is 17.5 Å². The van der Waals surface area contributed by atoms with E-state index in [-0.39, 0.29) is 5.69 Å². The Kier molecular flexibility index (Phi) is 2.84. The van der Waals surface area contributed by atoms with E-state index in [4.69, 9.17) is 0 Å². The van der Waals surface area contributed by atoms with Gasteiger partial charge in [0.1, 0.15) is 11.0 Å². The topological polar surface area (TPSA) is 68.9 Å². The lowest BCUT2D eigenvalue weighted by Crippen LogP contribution is -1.93. The van der Waals surface area contributed by atoms with Crippen molar-refractivity contribution in [2.45, 2.75) is 0 Å². The Labute approximate surface area is 118 Å². The first-order valence-corrected chi connectivity index (χ1v) is 7.22. The highest BCUT2D eigenvalue weighted by atomic mass is 79.9. The summed E-state index contributed by atoms with van der Waals surface area (Å²) in [6.45, 7) is 0. The van der Waals surface area contributed by atoms with Crippen LogP contribution in [0.15, 0.2) is 28.1 Å². The highest BCUT2D eigenvalue weighted by Gasteiger charge is 2.23. The average molecular weight is 342 g/mol. The molecule has 1 aromatic carbocycles. The molecule has 18 heavy (non-hydrogen) atoms. The Balaban J connectivity index is 2.46. The molecule has 0 aliphatic carbocycles. The fraction of sp³-hybridized carbons (Fsp3) is 0. The summed E-state index contributed by atoms with van der Waals surface area (Å²) < 4.78 is 8.93. The van der Waals surface area contributed by atoms with Crippen LogP contribution in [0.5, 0.6) is 0 Å². The van der Waals surface area contributed by atoms with Crippen LogP contribution in [-0.4, -0.2) is 13.7 Å². The van der Waals surface area contributed by atoms with E-state index in [0.29, 0.717) is 21.1 Å². The van der Waals surface area contributed by atoms with Gasteiger partial charge in [-0.05, 0) is 27.4 Å². The van der Waals surface area contributed by atoms with E-state index in [9.17, 15) is 10.1 Å². The van der Waals surface area contributed by atoms with Crippen LogP contribution in [0.3, 0.4) is 0 Å². The van der Waals surface area contributed by atoms with Crippen LogP contribution in [0.2, 0.25) is 0 Å². The number of aromatic nitrogens is 2. The van der Waals surface area contributed by atoms with Crippen LogP contribution in [-0.2, 0) is 0 Å². The molecular weight excluding hydrogens is 338 g/mol. The zero-order valence-corrected chi connectivity index (χ0v) is 11.9. The molecule has 0 saturated carbocycles. The molecule has 0 aliphatic rings. The third-order valence-electron chi connectivity index (χ3n) is 2.44. The van der Waals surface area contributed by atoms with Crippen molar-refractivity contribution < 1.29 is 4.92 Å². The van der Waals surface area contributed by atoms with Crippen LogP contribution in [0.1, 0.15) is 0 Å². The van der Waals surface area contributed by atoms with Gasteiger partial charge in [-0.2, -0.15) is 8.75 Å². The van der Waals surface area contributed by atoms with Crippen LogP contribution >= 0.6 is 39.0 Å². The molecule has 8 heteroatoms. The smallest absolute Gasteiger partial charge is 0.258 e. The summed E-state index contributed by atoms with van der Waals surface area (Å²) in [5, 5.41) is 13.1. The van der Waals surface area contributed by atoms with Crippen molar-refractivity contribution in [1.82, 2.24) is 8.75 Å². The molecule has 3 aromatic rings. The second kappa shape index (κ2) is 4.38. The van der Waals surface area contributed by atoms with Crippen molar-refractivity contribution in [3.05, 3.63) is 38.2 Å². The van der Waals surface area contributed by atoms with Gasteiger partial charge in [0.2, 0.25) is 0 Å². The van der Waals surface area contributed by atoms with Crippen molar-refractivity contribution in [3.8, 4) is 10.4 Å². The van der Waals surface area contributed by atoms with Gasteiger partial charge in [-0.3, -0.25) is 10.1 Å². The zero-order chi connectivity index (χ0) is 12.7. The van der Waals surface area contributed by atoms with Crippen LogP contribution in [0.25, 0.3) is 21.5 Å². The predicted octanol–water partition coefficient (Wildman–Crippen LogP) is 4.09. The first kappa shape index (κ1) is 11.7. The maximum absolute atomic E-state index is 11.2. The van der Waals surface area contributed by atoms with Gasteiger partial charge in [0, 0.05) is 10.9 Å². The first-order chi connectivity index (χ1) is 8.68. The summed E-state index contributed by atoms with van der Waals surface area (Å²) in [4.78, 5) is 11.6. The quantitative estimate of drug-likeness (QED) is 0.520. The van der Waals surface area contributed by atoms with E-state index >= 15 is 0 Å². The van der Waals surface area contributed by atoms with E-state index in [2.05, 4.69) is 24.7 Å². The van der Waals surface area contributed by atoms with E-state index in [1.54, 1.807) is 0 Å². The fourth-order valence-electron chi connectivity index (χ4n) is 1.70. The molecule has 0 saturated heterocycles. The molecule has 0 atom stereocenters. The predicted molar refractivity (Wildman–Crippen MR) is 75.1 cm³/mol. The lowest BCUT2D eigenvalue weighted by molar-refractivity contribution is -0.384. The highest BCUT2D eigenvalue weighted by Crippen LogP contribution is 2.41. The summed E-state index contributed by atoms with van der Waals surface area (Å²) >= 11 is 5.80. The minimum Gasteiger partial charge on any atom is -0.258 e. The maximum atomic E-state index is 11.2. The van der Waals surface area contributed by atoms with Crippen molar-refractivity contribution in [1.29, 1.82) is 0 Å². The van der Waals surface area contributed by atoms with Crippen molar-refractivity contribution in [2.24, 2.45) is 0 Å². The molecule has 2 heterocycles. The molecule has 0 aliphatic heterocycles. The number of benzene rings is 1. The Morgan fingerprint density at radius 3 is 2.78 bits per heavy atom. The lowest BCUT2D eigenvalue weighted by Gasteiger charge is -2.02. The summed E-state index contributed by atoms with van der Waals surface area (Å²) in [7, 11) is 0. The second-order valence-corrected chi connectivity index (χ2v) is 5.78. The molecule has 0 fully saturated rings. The maximum Gasteiger partial charge on any atom is 0.281 e. The lowest BCUT2D eigenvalue weighted by atomic mass is 10.1. The van der Waals surface area contributed by atoms with Crippen LogP contribution in [0.4, 0.5) is 5.69 Å². The number of hydrogen-bond acceptors (Lipinski definition) is 6. The normalized spacial score (nSPS) is 10.9. The van der Waals surface area contributed by atoms with E-state index in [1.165, 1.54) is 17.4 Å². The van der Waals surface area contributed by atoms with Gasteiger partial charge >= 0.3 is 0 Å². The summed E-state index contributed by atoms with van der Waals surface area (Å²) in [6.07, 6.45) is 0. The van der Waals surface area contributed by atoms with Crippen LogP contribution < -0.4 is 0 Å². The van der Waals surface area contributed by atoms with Gasteiger partial charge in [0.05, 0.1) is 26.7 Å². The van der Waals surface area contributed by atoms with E-state index in [0.717, 1.165) is 16.6 Å². The molecule has 0 spiro atoms. The Bertz CT molecular complexity index is 739. The highest BCUT2D eigenvalue weighted by molar-refractivity contribution is 9.10. The monoisotopic (exact) mass is 341 g/mol. The largest absolute Gasteiger partial charge is 0.281 e. The minimum atomic E-state index is -0.390. The van der Waals surface area contributed by atoms with Crippen molar-refractivity contribution >= 4 is 55.7 Å². The number of fused-ring (bicyclic) bond motifs is 1. The molecule has 0 N–H and O–H groups in total. The number of nitrogens with zero attached hydrogens (tertiary/aromatic N) is 3. The summed E-state index contributed by atoms with van der Waals surface area (Å²) in [5.74, 6) is 0. The minimum absolute atomic E-state index is 0.0459.